The molecule has 10 heteroatoms. The second-order valence-corrected chi connectivity index (χ2v) is 8.73. The third-order valence-electron chi connectivity index (χ3n) is 5.87. The standard InChI is InChI=1S/C24H29ClN6O3/c1-3-33-23(32)15(2)34-19-13-28-24(29-14-19)27-12-16-4-7-18(8-5-16)30-20-9-6-17-10-11-26-22(25)21(17)31-20/h6,9-11,13-16,18H,3-5,7-8,12H2,1-2H3,(H,30,31)(H,27,28,29)/t15?,16-,18-. The molecular formula is C24H29ClN6O3. The van der Waals surface area contributed by atoms with Crippen molar-refractivity contribution in [3.8, 4) is 5.75 Å². The number of carbonyl (C=O) groups is 1. The van der Waals surface area contributed by atoms with Crippen LogP contribution in [-0.4, -0.2) is 51.2 Å². The SMILES string of the molecule is CCOC(=O)C(C)Oc1cnc(NC[C@H]2CC[C@H](Nc3ccc4ccnc(Cl)c4n3)CC2)nc1. The van der Waals surface area contributed by atoms with Crippen LogP contribution in [-0.2, 0) is 9.53 Å². The molecule has 2 N–H and O–H groups in total. The molecule has 0 bridgehead atoms. The molecule has 1 unspecified atom stereocenters. The Morgan fingerprint density at radius 1 is 1.15 bits per heavy atom. The zero-order valence-electron chi connectivity index (χ0n) is 19.3. The summed E-state index contributed by atoms with van der Waals surface area (Å²) in [6.45, 7) is 4.52. The van der Waals surface area contributed by atoms with Crippen molar-refractivity contribution in [2.24, 2.45) is 5.92 Å². The zero-order valence-corrected chi connectivity index (χ0v) is 20.1. The first-order chi connectivity index (χ1) is 16.5. The summed E-state index contributed by atoms with van der Waals surface area (Å²) in [5.74, 6) is 1.94. The molecule has 0 aromatic carbocycles. The fraction of sp³-hybridized carbons (Fsp3) is 0.458. The molecule has 4 rings (SSSR count). The highest BCUT2D eigenvalue weighted by Gasteiger charge is 2.22. The average Bonchev–Trinajstić information content (AvgIpc) is 2.85. The Labute approximate surface area is 203 Å². The van der Waals surface area contributed by atoms with Crippen molar-refractivity contribution in [2.75, 3.05) is 23.8 Å². The van der Waals surface area contributed by atoms with Crippen molar-refractivity contribution in [1.29, 1.82) is 0 Å². The Morgan fingerprint density at radius 2 is 1.91 bits per heavy atom. The van der Waals surface area contributed by atoms with Crippen LogP contribution >= 0.6 is 11.6 Å². The van der Waals surface area contributed by atoms with Gasteiger partial charge in [0, 0.05) is 24.2 Å². The van der Waals surface area contributed by atoms with Gasteiger partial charge >= 0.3 is 5.97 Å². The normalized spacial score (nSPS) is 18.8. The molecule has 1 saturated carbocycles. The molecule has 3 aromatic rings. The van der Waals surface area contributed by atoms with Gasteiger partial charge in [0.2, 0.25) is 5.95 Å². The lowest BCUT2D eigenvalue weighted by atomic mass is 9.86. The molecule has 3 aromatic heterocycles. The molecule has 34 heavy (non-hydrogen) atoms. The number of anilines is 2. The number of ether oxygens (including phenoxy) is 2. The van der Waals surface area contributed by atoms with Crippen molar-refractivity contribution in [3.63, 3.8) is 0 Å². The predicted molar refractivity (Wildman–Crippen MR) is 131 cm³/mol. The van der Waals surface area contributed by atoms with Crippen molar-refractivity contribution < 1.29 is 14.3 Å². The number of aromatic nitrogens is 4. The van der Waals surface area contributed by atoms with Crippen LogP contribution in [0.4, 0.5) is 11.8 Å². The fourth-order valence-corrected chi connectivity index (χ4v) is 4.24. The highest BCUT2D eigenvalue weighted by atomic mass is 35.5. The van der Waals surface area contributed by atoms with Gasteiger partial charge in [0.15, 0.2) is 17.0 Å². The van der Waals surface area contributed by atoms with Crippen molar-refractivity contribution in [3.05, 3.63) is 41.9 Å². The van der Waals surface area contributed by atoms with E-state index >= 15 is 0 Å². The van der Waals surface area contributed by atoms with E-state index in [-0.39, 0.29) is 0 Å². The van der Waals surface area contributed by atoms with Crippen LogP contribution in [0.1, 0.15) is 39.5 Å². The third-order valence-corrected chi connectivity index (χ3v) is 6.15. The minimum atomic E-state index is -0.704. The predicted octanol–water partition coefficient (Wildman–Crippen LogP) is 4.49. The first-order valence-electron chi connectivity index (χ1n) is 11.6. The molecule has 1 fully saturated rings. The van der Waals surface area contributed by atoms with Gasteiger partial charge < -0.3 is 20.1 Å². The van der Waals surface area contributed by atoms with Crippen LogP contribution in [0, 0.1) is 5.92 Å². The summed E-state index contributed by atoms with van der Waals surface area (Å²) >= 11 is 6.19. The third kappa shape index (κ3) is 6.22. The maximum absolute atomic E-state index is 11.7. The number of halogens is 1. The Hall–Kier alpha value is -3.20. The molecule has 9 nitrogen and oxygen atoms in total. The van der Waals surface area contributed by atoms with Gasteiger partial charge in [-0.3, -0.25) is 0 Å². The topological polar surface area (TPSA) is 111 Å². The van der Waals surface area contributed by atoms with Crippen LogP contribution in [0.3, 0.4) is 0 Å². The van der Waals surface area contributed by atoms with Gasteiger partial charge in [-0.15, -0.1) is 0 Å². The summed E-state index contributed by atoms with van der Waals surface area (Å²) in [5.41, 5.74) is 0.721. The Morgan fingerprint density at radius 3 is 2.65 bits per heavy atom. The van der Waals surface area contributed by atoms with Crippen molar-refractivity contribution in [2.45, 2.75) is 51.7 Å². The summed E-state index contributed by atoms with van der Waals surface area (Å²) in [7, 11) is 0. The molecule has 1 aliphatic rings. The summed E-state index contributed by atoms with van der Waals surface area (Å²) in [6.07, 6.45) is 8.42. The van der Waals surface area contributed by atoms with E-state index in [2.05, 4.69) is 30.6 Å². The van der Waals surface area contributed by atoms with E-state index in [0.29, 0.717) is 35.4 Å². The smallest absolute Gasteiger partial charge is 0.347 e. The number of fused-ring (bicyclic) bond motifs is 1. The summed E-state index contributed by atoms with van der Waals surface area (Å²) in [6, 6.07) is 6.29. The van der Waals surface area contributed by atoms with Crippen LogP contribution < -0.4 is 15.4 Å². The first-order valence-corrected chi connectivity index (χ1v) is 12.0. The van der Waals surface area contributed by atoms with E-state index in [0.717, 1.165) is 48.9 Å². The molecular weight excluding hydrogens is 456 g/mol. The lowest BCUT2D eigenvalue weighted by Gasteiger charge is -2.29. The van der Waals surface area contributed by atoms with Gasteiger partial charge in [-0.25, -0.2) is 24.7 Å². The van der Waals surface area contributed by atoms with Gasteiger partial charge in [0.25, 0.3) is 0 Å². The molecule has 1 aliphatic carbocycles. The fourth-order valence-electron chi connectivity index (χ4n) is 4.03. The number of carbonyl (C=O) groups excluding carboxylic acids is 1. The number of pyridine rings is 2. The number of hydrogen-bond donors (Lipinski definition) is 2. The van der Waals surface area contributed by atoms with Gasteiger partial charge in [0.1, 0.15) is 11.3 Å². The van der Waals surface area contributed by atoms with Gasteiger partial charge in [0.05, 0.1) is 19.0 Å². The van der Waals surface area contributed by atoms with Crippen LogP contribution in [0.5, 0.6) is 5.75 Å². The second-order valence-electron chi connectivity index (χ2n) is 8.37. The number of hydrogen-bond acceptors (Lipinski definition) is 9. The minimum absolute atomic E-state index is 0.316. The van der Waals surface area contributed by atoms with E-state index in [1.54, 1.807) is 32.4 Å². The zero-order chi connectivity index (χ0) is 23.9. The van der Waals surface area contributed by atoms with Crippen molar-refractivity contribution >= 4 is 40.2 Å². The summed E-state index contributed by atoms with van der Waals surface area (Å²) < 4.78 is 10.5. The number of rotatable bonds is 9. The molecule has 0 aliphatic heterocycles. The Bertz CT molecular complexity index is 1110. The van der Waals surface area contributed by atoms with E-state index in [9.17, 15) is 4.79 Å². The quantitative estimate of drug-likeness (QED) is 0.335. The number of nitrogens with one attached hydrogen (secondary N) is 2. The molecule has 180 valence electrons. The maximum Gasteiger partial charge on any atom is 0.347 e. The summed E-state index contributed by atoms with van der Waals surface area (Å²) in [5, 5.41) is 8.25. The largest absolute Gasteiger partial charge is 0.476 e. The summed E-state index contributed by atoms with van der Waals surface area (Å²) in [4.78, 5) is 29.0. The van der Waals surface area contributed by atoms with E-state index in [1.165, 1.54) is 0 Å². The Kier molecular flexibility index (Phi) is 7.95. The van der Waals surface area contributed by atoms with Crippen LogP contribution in [0.2, 0.25) is 5.15 Å². The van der Waals surface area contributed by atoms with Crippen LogP contribution in [0.15, 0.2) is 36.8 Å². The van der Waals surface area contributed by atoms with Crippen LogP contribution in [0.25, 0.3) is 10.9 Å². The second kappa shape index (κ2) is 11.3. The van der Waals surface area contributed by atoms with Gasteiger partial charge in [-0.1, -0.05) is 11.6 Å². The molecule has 0 amide bonds. The number of esters is 1. The first kappa shape index (κ1) is 23.9. The highest BCUT2D eigenvalue weighted by molar-refractivity contribution is 6.33. The monoisotopic (exact) mass is 484 g/mol. The van der Waals surface area contributed by atoms with E-state index in [4.69, 9.17) is 21.1 Å². The van der Waals surface area contributed by atoms with E-state index < -0.39 is 12.1 Å². The molecule has 0 radical (unpaired) electrons. The molecule has 0 saturated heterocycles. The molecule has 3 heterocycles. The lowest BCUT2D eigenvalue weighted by molar-refractivity contribution is -0.150. The van der Waals surface area contributed by atoms with Gasteiger partial charge in [-0.2, -0.15) is 0 Å². The maximum atomic E-state index is 11.7. The van der Waals surface area contributed by atoms with Gasteiger partial charge in [-0.05, 0) is 63.6 Å². The number of nitrogens with zero attached hydrogens (tertiary/aromatic N) is 4. The van der Waals surface area contributed by atoms with Crippen molar-refractivity contribution in [1.82, 2.24) is 19.9 Å². The molecule has 0 spiro atoms. The highest BCUT2D eigenvalue weighted by Crippen LogP contribution is 2.28. The lowest BCUT2D eigenvalue weighted by Crippen LogP contribution is -2.29. The average molecular weight is 485 g/mol. The Balaban J connectivity index is 1.21. The van der Waals surface area contributed by atoms with E-state index in [1.807, 2.05) is 18.2 Å². The molecule has 1 atom stereocenters. The minimum Gasteiger partial charge on any atom is -0.476 e.